The fourth-order valence-corrected chi connectivity index (χ4v) is 3.90. The van der Waals surface area contributed by atoms with Crippen molar-refractivity contribution in [2.45, 2.75) is 33.0 Å². The molecule has 0 saturated carbocycles. The number of hydrogen-bond acceptors (Lipinski definition) is 4. The number of hydrogen-bond donors (Lipinski definition) is 1. The van der Waals surface area contributed by atoms with Gasteiger partial charge in [-0.3, -0.25) is 9.48 Å². The van der Waals surface area contributed by atoms with Gasteiger partial charge in [-0.15, -0.1) is 0 Å². The highest BCUT2D eigenvalue weighted by atomic mass is 16.2. The second-order valence-electron chi connectivity index (χ2n) is 7.93. The zero-order valence-electron chi connectivity index (χ0n) is 18.4. The lowest BCUT2D eigenvalue weighted by Gasteiger charge is -2.18. The summed E-state index contributed by atoms with van der Waals surface area (Å²) in [4.78, 5) is 19.7. The zero-order chi connectivity index (χ0) is 22.0. The smallest absolute Gasteiger partial charge is 0.274 e. The molecule has 0 aliphatic carbocycles. The highest BCUT2D eigenvalue weighted by molar-refractivity contribution is 5.94. The first kappa shape index (κ1) is 20.8. The van der Waals surface area contributed by atoms with Crippen LogP contribution in [0.4, 0.5) is 0 Å². The molecule has 4 aromatic rings. The summed E-state index contributed by atoms with van der Waals surface area (Å²) < 4.78 is 3.81. The molecular weight excluding hydrogens is 388 g/mol. The third-order valence-electron chi connectivity index (χ3n) is 5.53. The highest BCUT2D eigenvalue weighted by Crippen LogP contribution is 2.19. The second kappa shape index (κ2) is 8.73. The predicted molar refractivity (Wildman–Crippen MR) is 121 cm³/mol. The van der Waals surface area contributed by atoms with Crippen molar-refractivity contribution >= 4 is 11.6 Å². The maximum atomic E-state index is 13.3. The summed E-state index contributed by atoms with van der Waals surface area (Å²) in [5, 5.41) is 7.98. The van der Waals surface area contributed by atoms with Crippen LogP contribution in [0.1, 0.15) is 46.0 Å². The quantitative estimate of drug-likeness (QED) is 0.501. The molecule has 0 aliphatic heterocycles. The molecule has 4 rings (SSSR count). The molecule has 7 nitrogen and oxygen atoms in total. The predicted octanol–water partition coefficient (Wildman–Crippen LogP) is 3.50. The molecule has 0 aliphatic rings. The number of fused-ring (bicyclic) bond motifs is 1. The van der Waals surface area contributed by atoms with Crippen LogP contribution in [0, 0.1) is 6.92 Å². The Morgan fingerprint density at radius 3 is 2.61 bits per heavy atom. The standard InChI is InChI=1S/C24H28N6O/c1-17(20-16-29(4)27-18(20)2)25-14-21-23(26-22-12-8-9-13-30(21)22)24(31)28(3)15-19-10-6-5-7-11-19/h5-13,16-17,25H,14-15H2,1-4H3/t17-/m0/s1. The van der Waals surface area contributed by atoms with Crippen molar-refractivity contribution in [1.29, 1.82) is 0 Å². The van der Waals surface area contributed by atoms with Crippen molar-refractivity contribution in [2.75, 3.05) is 7.05 Å². The Bertz CT molecular complexity index is 1190. The summed E-state index contributed by atoms with van der Waals surface area (Å²) in [6.45, 7) is 5.16. The number of imidazole rings is 1. The summed E-state index contributed by atoms with van der Waals surface area (Å²) in [6, 6.07) is 15.9. The van der Waals surface area contributed by atoms with Gasteiger partial charge in [-0.2, -0.15) is 5.10 Å². The SMILES string of the molecule is Cc1nn(C)cc1[C@H](C)NCc1c(C(=O)N(C)Cc2ccccc2)nc2ccccn12. The van der Waals surface area contributed by atoms with Gasteiger partial charge < -0.3 is 14.6 Å². The van der Waals surface area contributed by atoms with Crippen LogP contribution in [0.25, 0.3) is 5.65 Å². The molecule has 1 atom stereocenters. The Morgan fingerprint density at radius 1 is 1.16 bits per heavy atom. The normalized spacial score (nSPS) is 12.3. The van der Waals surface area contributed by atoms with E-state index in [1.54, 1.807) is 4.90 Å². The molecule has 31 heavy (non-hydrogen) atoms. The number of rotatable bonds is 7. The maximum absolute atomic E-state index is 13.3. The highest BCUT2D eigenvalue weighted by Gasteiger charge is 2.23. The van der Waals surface area contributed by atoms with E-state index in [2.05, 4.69) is 22.3 Å². The maximum Gasteiger partial charge on any atom is 0.274 e. The Hall–Kier alpha value is -3.45. The number of aryl methyl sites for hydroxylation is 2. The largest absolute Gasteiger partial charge is 0.336 e. The number of nitrogens with zero attached hydrogens (tertiary/aromatic N) is 5. The van der Waals surface area contributed by atoms with Crippen molar-refractivity contribution < 1.29 is 4.79 Å². The van der Waals surface area contributed by atoms with Crippen LogP contribution in [-0.2, 0) is 20.1 Å². The first-order chi connectivity index (χ1) is 14.9. The van der Waals surface area contributed by atoms with Crippen molar-refractivity contribution in [3.8, 4) is 0 Å². The van der Waals surface area contributed by atoms with Gasteiger partial charge in [-0.05, 0) is 31.5 Å². The Balaban J connectivity index is 1.59. The number of amides is 1. The van der Waals surface area contributed by atoms with E-state index in [1.807, 2.05) is 91.0 Å². The number of benzene rings is 1. The first-order valence-electron chi connectivity index (χ1n) is 10.4. The van der Waals surface area contributed by atoms with Crippen molar-refractivity contribution in [3.63, 3.8) is 0 Å². The molecule has 1 aromatic carbocycles. The lowest BCUT2D eigenvalue weighted by atomic mass is 10.1. The van der Waals surface area contributed by atoms with Crippen molar-refractivity contribution in [3.05, 3.63) is 89.1 Å². The van der Waals surface area contributed by atoms with Crippen LogP contribution in [-0.4, -0.2) is 37.0 Å². The van der Waals surface area contributed by atoms with Gasteiger partial charge in [0, 0.05) is 51.2 Å². The molecular formula is C24H28N6O. The van der Waals surface area contributed by atoms with E-state index in [0.29, 0.717) is 18.8 Å². The summed E-state index contributed by atoms with van der Waals surface area (Å²) in [7, 11) is 3.74. The average molecular weight is 417 g/mol. The number of pyridine rings is 1. The lowest BCUT2D eigenvalue weighted by molar-refractivity contribution is 0.0778. The number of aromatic nitrogens is 4. The summed E-state index contributed by atoms with van der Waals surface area (Å²) >= 11 is 0. The van der Waals surface area contributed by atoms with Gasteiger partial charge in [0.05, 0.1) is 11.4 Å². The van der Waals surface area contributed by atoms with Gasteiger partial charge in [0.15, 0.2) is 5.69 Å². The van der Waals surface area contributed by atoms with Crippen LogP contribution < -0.4 is 5.32 Å². The Kier molecular flexibility index (Phi) is 5.86. The van der Waals surface area contributed by atoms with Crippen LogP contribution in [0.5, 0.6) is 0 Å². The molecule has 0 saturated heterocycles. The average Bonchev–Trinajstić information content (AvgIpc) is 3.31. The zero-order valence-corrected chi connectivity index (χ0v) is 18.4. The molecule has 160 valence electrons. The molecule has 1 amide bonds. The number of carbonyl (C=O) groups is 1. The van der Waals surface area contributed by atoms with Gasteiger partial charge >= 0.3 is 0 Å². The fourth-order valence-electron chi connectivity index (χ4n) is 3.90. The summed E-state index contributed by atoms with van der Waals surface area (Å²) in [6.07, 6.45) is 3.98. The van der Waals surface area contributed by atoms with Crippen LogP contribution >= 0.6 is 0 Å². The van der Waals surface area contributed by atoms with E-state index in [4.69, 9.17) is 0 Å². The molecule has 7 heteroatoms. The van der Waals surface area contributed by atoms with Gasteiger partial charge in [0.1, 0.15) is 5.65 Å². The van der Waals surface area contributed by atoms with Crippen LogP contribution in [0.2, 0.25) is 0 Å². The Morgan fingerprint density at radius 2 is 1.90 bits per heavy atom. The molecule has 0 bridgehead atoms. The van der Waals surface area contributed by atoms with E-state index in [0.717, 1.165) is 28.2 Å². The topological polar surface area (TPSA) is 67.5 Å². The summed E-state index contributed by atoms with van der Waals surface area (Å²) in [5.41, 5.74) is 5.33. The van der Waals surface area contributed by atoms with Crippen LogP contribution in [0.15, 0.2) is 60.9 Å². The van der Waals surface area contributed by atoms with E-state index in [1.165, 1.54) is 0 Å². The van der Waals surface area contributed by atoms with Gasteiger partial charge in [-0.25, -0.2) is 4.98 Å². The molecule has 3 aromatic heterocycles. The fraction of sp³-hybridized carbons (Fsp3) is 0.292. The third kappa shape index (κ3) is 4.36. The molecule has 3 heterocycles. The lowest BCUT2D eigenvalue weighted by Crippen LogP contribution is -2.29. The number of nitrogens with one attached hydrogen (secondary N) is 1. The van der Waals surface area contributed by atoms with Gasteiger partial charge in [-0.1, -0.05) is 36.4 Å². The van der Waals surface area contributed by atoms with E-state index in [-0.39, 0.29) is 11.9 Å². The molecule has 1 N–H and O–H groups in total. The molecule has 0 spiro atoms. The van der Waals surface area contributed by atoms with E-state index in [9.17, 15) is 4.79 Å². The van der Waals surface area contributed by atoms with Gasteiger partial charge in [0.25, 0.3) is 5.91 Å². The monoisotopic (exact) mass is 416 g/mol. The minimum atomic E-state index is -0.0884. The minimum absolute atomic E-state index is 0.0884. The van der Waals surface area contributed by atoms with Crippen molar-refractivity contribution in [1.82, 2.24) is 29.4 Å². The third-order valence-corrected chi connectivity index (χ3v) is 5.53. The van der Waals surface area contributed by atoms with E-state index < -0.39 is 0 Å². The first-order valence-corrected chi connectivity index (χ1v) is 10.4. The molecule has 0 fully saturated rings. The number of carbonyl (C=O) groups excluding carboxylic acids is 1. The van der Waals surface area contributed by atoms with Gasteiger partial charge in [0.2, 0.25) is 0 Å². The van der Waals surface area contributed by atoms with Crippen LogP contribution in [0.3, 0.4) is 0 Å². The molecule has 0 unspecified atom stereocenters. The van der Waals surface area contributed by atoms with E-state index >= 15 is 0 Å². The second-order valence-corrected chi connectivity index (χ2v) is 7.93. The summed E-state index contributed by atoms with van der Waals surface area (Å²) in [5.74, 6) is -0.0884. The molecule has 0 radical (unpaired) electrons. The Labute approximate surface area is 182 Å². The van der Waals surface area contributed by atoms with Crippen molar-refractivity contribution in [2.24, 2.45) is 7.05 Å². The minimum Gasteiger partial charge on any atom is -0.336 e.